The van der Waals surface area contributed by atoms with Gasteiger partial charge in [0.15, 0.2) is 5.82 Å². The van der Waals surface area contributed by atoms with Crippen molar-refractivity contribution in [3.63, 3.8) is 0 Å². The second-order valence-corrected chi connectivity index (χ2v) is 3.94. The van der Waals surface area contributed by atoms with Crippen LogP contribution in [0.4, 0.5) is 5.69 Å². The minimum Gasteiger partial charge on any atom is -0.398 e. The molecule has 0 spiro atoms. The van der Waals surface area contributed by atoms with Gasteiger partial charge in [-0.1, -0.05) is 6.07 Å². The van der Waals surface area contributed by atoms with Crippen LogP contribution < -0.4 is 5.73 Å². The van der Waals surface area contributed by atoms with E-state index in [4.69, 9.17) is 5.73 Å². The molecule has 1 aromatic carbocycles. The summed E-state index contributed by atoms with van der Waals surface area (Å²) in [6.07, 6.45) is 1.57. The van der Waals surface area contributed by atoms with Crippen molar-refractivity contribution in [2.24, 2.45) is 0 Å². The van der Waals surface area contributed by atoms with E-state index in [2.05, 4.69) is 29.1 Å². The molecule has 16 heavy (non-hydrogen) atoms. The van der Waals surface area contributed by atoms with E-state index < -0.39 is 0 Å². The van der Waals surface area contributed by atoms with Gasteiger partial charge in [-0.3, -0.25) is 0 Å². The van der Waals surface area contributed by atoms with Crippen LogP contribution in [-0.4, -0.2) is 14.8 Å². The summed E-state index contributed by atoms with van der Waals surface area (Å²) in [5, 5.41) is 4.16. The Balaban J connectivity index is 2.64. The van der Waals surface area contributed by atoms with Gasteiger partial charge >= 0.3 is 0 Å². The lowest BCUT2D eigenvalue weighted by Crippen LogP contribution is -2.03. The van der Waals surface area contributed by atoms with Crippen LogP contribution in [0.25, 0.3) is 11.4 Å². The first-order valence-electron chi connectivity index (χ1n) is 5.38. The fourth-order valence-corrected chi connectivity index (χ4v) is 1.87. The van der Waals surface area contributed by atoms with Gasteiger partial charge in [-0.05, 0) is 38.0 Å². The normalized spacial score (nSPS) is 10.7. The molecule has 2 N–H and O–H groups in total. The van der Waals surface area contributed by atoms with Gasteiger partial charge in [0, 0.05) is 17.8 Å². The first-order valence-corrected chi connectivity index (χ1v) is 5.38. The molecule has 2 aromatic rings. The van der Waals surface area contributed by atoms with Gasteiger partial charge in [0.2, 0.25) is 0 Å². The Labute approximate surface area is 95.1 Å². The van der Waals surface area contributed by atoms with Crippen molar-refractivity contribution >= 4 is 5.69 Å². The van der Waals surface area contributed by atoms with Crippen LogP contribution in [0, 0.1) is 13.8 Å². The first kappa shape index (κ1) is 10.7. The Bertz CT molecular complexity index is 514. The minimum atomic E-state index is 0.785. The molecule has 1 aromatic heterocycles. The van der Waals surface area contributed by atoms with E-state index in [1.807, 2.05) is 18.5 Å². The van der Waals surface area contributed by atoms with Crippen LogP contribution >= 0.6 is 0 Å². The van der Waals surface area contributed by atoms with Crippen molar-refractivity contribution in [3.05, 3.63) is 29.6 Å². The number of nitrogen functional groups attached to an aromatic ring is 1. The standard InChI is InChI=1S/C12H16N4/c1-4-16-12(14-7-15-16)10-6-8(2)5-9(3)11(10)13/h5-7H,4,13H2,1-3H3. The molecule has 4 nitrogen and oxygen atoms in total. The third-order valence-corrected chi connectivity index (χ3v) is 2.69. The van der Waals surface area contributed by atoms with E-state index in [0.717, 1.165) is 29.2 Å². The average Bonchev–Trinajstić information content (AvgIpc) is 2.71. The molecule has 0 saturated heterocycles. The summed E-state index contributed by atoms with van der Waals surface area (Å²) >= 11 is 0. The van der Waals surface area contributed by atoms with E-state index in [-0.39, 0.29) is 0 Å². The first-order chi connectivity index (χ1) is 7.63. The lowest BCUT2D eigenvalue weighted by atomic mass is 10.0. The smallest absolute Gasteiger partial charge is 0.160 e. The maximum Gasteiger partial charge on any atom is 0.160 e. The second kappa shape index (κ2) is 3.96. The van der Waals surface area contributed by atoms with Crippen LogP contribution in [0.15, 0.2) is 18.5 Å². The highest BCUT2D eigenvalue weighted by atomic mass is 15.3. The number of hydrogen-bond acceptors (Lipinski definition) is 3. The number of nitrogens with two attached hydrogens (primary N) is 1. The summed E-state index contributed by atoms with van der Waals surface area (Å²) in [6.45, 7) is 6.90. The monoisotopic (exact) mass is 216 g/mol. The number of aryl methyl sites for hydroxylation is 3. The van der Waals surface area contributed by atoms with Crippen molar-refractivity contribution in [1.82, 2.24) is 14.8 Å². The average molecular weight is 216 g/mol. The molecule has 84 valence electrons. The van der Waals surface area contributed by atoms with Crippen LogP contribution in [0.1, 0.15) is 18.1 Å². The van der Waals surface area contributed by atoms with E-state index >= 15 is 0 Å². The van der Waals surface area contributed by atoms with Gasteiger partial charge in [-0.25, -0.2) is 9.67 Å². The van der Waals surface area contributed by atoms with Gasteiger partial charge in [0.1, 0.15) is 6.33 Å². The number of hydrogen-bond donors (Lipinski definition) is 1. The van der Waals surface area contributed by atoms with E-state index in [1.165, 1.54) is 5.56 Å². The highest BCUT2D eigenvalue weighted by Gasteiger charge is 2.11. The predicted molar refractivity (Wildman–Crippen MR) is 65.0 cm³/mol. The van der Waals surface area contributed by atoms with E-state index in [1.54, 1.807) is 6.33 Å². The molecule has 0 fully saturated rings. The quantitative estimate of drug-likeness (QED) is 0.783. The zero-order chi connectivity index (χ0) is 11.7. The fraction of sp³-hybridized carbons (Fsp3) is 0.333. The van der Waals surface area contributed by atoms with E-state index in [9.17, 15) is 0 Å². The summed E-state index contributed by atoms with van der Waals surface area (Å²) in [5.41, 5.74) is 10.1. The maximum atomic E-state index is 6.09. The Kier molecular flexibility index (Phi) is 2.64. The Morgan fingerprint density at radius 3 is 2.75 bits per heavy atom. The molecule has 4 heteroatoms. The minimum absolute atomic E-state index is 0.785. The summed E-state index contributed by atoms with van der Waals surface area (Å²) in [6, 6.07) is 4.13. The number of rotatable bonds is 2. The van der Waals surface area contributed by atoms with Crippen LogP contribution in [0.3, 0.4) is 0 Å². The van der Waals surface area contributed by atoms with E-state index in [0.29, 0.717) is 0 Å². The molecule has 2 rings (SSSR count). The highest BCUT2D eigenvalue weighted by Crippen LogP contribution is 2.28. The summed E-state index contributed by atoms with van der Waals surface area (Å²) in [5.74, 6) is 0.840. The molecule has 0 aliphatic carbocycles. The Morgan fingerprint density at radius 1 is 1.31 bits per heavy atom. The molecule has 0 bridgehead atoms. The van der Waals surface area contributed by atoms with Crippen molar-refractivity contribution in [1.29, 1.82) is 0 Å². The molecular weight excluding hydrogens is 200 g/mol. The van der Waals surface area contributed by atoms with Gasteiger partial charge in [0.05, 0.1) is 0 Å². The third-order valence-electron chi connectivity index (χ3n) is 2.69. The summed E-state index contributed by atoms with van der Waals surface area (Å²) < 4.78 is 1.85. The van der Waals surface area contributed by atoms with Crippen LogP contribution in [0.5, 0.6) is 0 Å². The van der Waals surface area contributed by atoms with Gasteiger partial charge in [-0.15, -0.1) is 0 Å². The van der Waals surface area contributed by atoms with Crippen molar-refractivity contribution in [2.45, 2.75) is 27.3 Å². The van der Waals surface area contributed by atoms with Gasteiger partial charge in [0.25, 0.3) is 0 Å². The topological polar surface area (TPSA) is 56.7 Å². The Hall–Kier alpha value is -1.84. The summed E-state index contributed by atoms with van der Waals surface area (Å²) in [4.78, 5) is 4.27. The molecule has 0 aliphatic rings. The fourth-order valence-electron chi connectivity index (χ4n) is 1.87. The molecule has 0 aliphatic heterocycles. The Morgan fingerprint density at radius 2 is 2.06 bits per heavy atom. The largest absolute Gasteiger partial charge is 0.398 e. The SMILES string of the molecule is CCn1ncnc1-c1cc(C)cc(C)c1N. The number of anilines is 1. The number of nitrogens with zero attached hydrogens (tertiary/aromatic N) is 3. The lowest BCUT2D eigenvalue weighted by molar-refractivity contribution is 0.666. The zero-order valence-electron chi connectivity index (χ0n) is 9.86. The lowest BCUT2D eigenvalue weighted by Gasteiger charge is -2.10. The molecule has 0 radical (unpaired) electrons. The molecule has 0 atom stereocenters. The molecule has 0 saturated carbocycles. The zero-order valence-corrected chi connectivity index (χ0v) is 9.86. The number of aromatic nitrogens is 3. The highest BCUT2D eigenvalue weighted by molar-refractivity contribution is 5.75. The maximum absolute atomic E-state index is 6.09. The second-order valence-electron chi connectivity index (χ2n) is 3.94. The predicted octanol–water partition coefficient (Wildman–Crippen LogP) is 2.16. The molecule has 0 unspecified atom stereocenters. The molecule has 1 heterocycles. The van der Waals surface area contributed by atoms with Crippen LogP contribution in [-0.2, 0) is 6.54 Å². The molecule has 0 amide bonds. The van der Waals surface area contributed by atoms with Crippen molar-refractivity contribution < 1.29 is 0 Å². The third kappa shape index (κ3) is 1.66. The molecular formula is C12H16N4. The van der Waals surface area contributed by atoms with Gasteiger partial charge < -0.3 is 5.73 Å². The van der Waals surface area contributed by atoms with Crippen molar-refractivity contribution in [3.8, 4) is 11.4 Å². The van der Waals surface area contributed by atoms with Crippen LogP contribution in [0.2, 0.25) is 0 Å². The van der Waals surface area contributed by atoms with Crippen molar-refractivity contribution in [2.75, 3.05) is 5.73 Å². The summed E-state index contributed by atoms with van der Waals surface area (Å²) in [7, 11) is 0. The number of benzene rings is 1. The van der Waals surface area contributed by atoms with Gasteiger partial charge in [-0.2, -0.15) is 5.10 Å².